The van der Waals surface area contributed by atoms with Crippen molar-refractivity contribution in [2.45, 2.75) is 46.1 Å². The summed E-state index contributed by atoms with van der Waals surface area (Å²) in [4.78, 5) is 44.3. The van der Waals surface area contributed by atoms with Crippen LogP contribution in [-0.4, -0.2) is 46.5 Å². The van der Waals surface area contributed by atoms with Crippen molar-refractivity contribution in [3.05, 3.63) is 35.9 Å². The van der Waals surface area contributed by atoms with Crippen LogP contribution in [0.3, 0.4) is 0 Å². The van der Waals surface area contributed by atoms with Crippen molar-refractivity contribution in [3.63, 3.8) is 0 Å². The molecule has 27 heavy (non-hydrogen) atoms. The molecule has 9 nitrogen and oxygen atoms in total. The van der Waals surface area contributed by atoms with E-state index in [2.05, 4.69) is 20.9 Å². The molecule has 0 radical (unpaired) electrons. The molecule has 0 aromatic carbocycles. The summed E-state index contributed by atoms with van der Waals surface area (Å²) >= 11 is 0. The normalized spacial score (nSPS) is 24.9. The Kier molecular flexibility index (Phi) is 5.02. The van der Waals surface area contributed by atoms with E-state index in [-0.39, 0.29) is 29.6 Å². The van der Waals surface area contributed by atoms with Gasteiger partial charge in [0.05, 0.1) is 6.04 Å². The summed E-state index contributed by atoms with van der Waals surface area (Å²) in [5, 5.41) is 9.18. The number of hydrogen-bond acceptors (Lipinski definition) is 6. The standard InChI is InChI=1S/C18H24N6O3/c1-10(2)16(26)22-18-21-15-14(23(9-25)12(4)11(3)20-15)17(27)24(18)13-7-5-6-8-19-13/h5-12,18,20-21H,1-4H3,(H,22,26)/t11-,12+,18-/m1/s1. The molecule has 3 heterocycles. The first-order chi connectivity index (χ1) is 12.8. The number of hydrogen-bond donors (Lipinski definition) is 3. The van der Waals surface area contributed by atoms with Crippen molar-refractivity contribution in [1.82, 2.24) is 25.8 Å². The van der Waals surface area contributed by atoms with Crippen LogP contribution in [0.5, 0.6) is 0 Å². The molecule has 1 aromatic heterocycles. The van der Waals surface area contributed by atoms with E-state index in [1.54, 1.807) is 38.2 Å². The quantitative estimate of drug-likeness (QED) is 0.647. The molecule has 9 heteroatoms. The molecule has 3 rings (SSSR count). The summed E-state index contributed by atoms with van der Waals surface area (Å²) in [5.74, 6) is -0.108. The highest BCUT2D eigenvalue weighted by Crippen LogP contribution is 2.27. The van der Waals surface area contributed by atoms with Crippen LogP contribution in [0.4, 0.5) is 5.82 Å². The van der Waals surface area contributed by atoms with E-state index in [9.17, 15) is 14.4 Å². The lowest BCUT2D eigenvalue weighted by Gasteiger charge is -2.46. The molecular formula is C18H24N6O3. The van der Waals surface area contributed by atoms with Crippen molar-refractivity contribution < 1.29 is 14.4 Å². The number of anilines is 1. The fraction of sp³-hybridized carbons (Fsp3) is 0.444. The summed E-state index contributed by atoms with van der Waals surface area (Å²) in [6.45, 7) is 7.32. The number of carbonyl (C=O) groups excluding carboxylic acids is 3. The Hall–Kier alpha value is -3.10. The zero-order valence-electron chi connectivity index (χ0n) is 15.8. The Morgan fingerprint density at radius 2 is 2.04 bits per heavy atom. The van der Waals surface area contributed by atoms with E-state index < -0.39 is 12.2 Å². The molecule has 0 aliphatic carbocycles. The Bertz CT molecular complexity index is 779. The molecule has 0 fully saturated rings. The number of carbonyl (C=O) groups is 3. The molecule has 144 valence electrons. The monoisotopic (exact) mass is 372 g/mol. The van der Waals surface area contributed by atoms with Gasteiger partial charge in [0, 0.05) is 18.2 Å². The lowest BCUT2D eigenvalue weighted by atomic mass is 10.0. The number of nitrogens with zero attached hydrogens (tertiary/aromatic N) is 3. The van der Waals surface area contributed by atoms with Crippen molar-refractivity contribution >= 4 is 24.0 Å². The van der Waals surface area contributed by atoms with Gasteiger partial charge in [-0.1, -0.05) is 19.9 Å². The molecule has 2 aliphatic heterocycles. The first-order valence-corrected chi connectivity index (χ1v) is 8.91. The highest BCUT2D eigenvalue weighted by atomic mass is 16.2. The molecule has 0 unspecified atom stereocenters. The maximum atomic E-state index is 13.3. The number of rotatable bonds is 4. The topological polar surface area (TPSA) is 107 Å². The van der Waals surface area contributed by atoms with E-state index in [0.29, 0.717) is 18.0 Å². The summed E-state index contributed by atoms with van der Waals surface area (Å²) in [6, 6.07) is 4.88. The van der Waals surface area contributed by atoms with Gasteiger partial charge in [-0.3, -0.25) is 19.3 Å². The van der Waals surface area contributed by atoms with Gasteiger partial charge in [0.15, 0.2) is 12.0 Å². The maximum absolute atomic E-state index is 13.3. The van der Waals surface area contributed by atoms with E-state index in [1.807, 2.05) is 13.8 Å². The third-order valence-electron chi connectivity index (χ3n) is 4.80. The van der Waals surface area contributed by atoms with E-state index >= 15 is 0 Å². The van der Waals surface area contributed by atoms with Gasteiger partial charge < -0.3 is 20.9 Å². The predicted molar refractivity (Wildman–Crippen MR) is 98.6 cm³/mol. The largest absolute Gasteiger partial charge is 0.365 e. The van der Waals surface area contributed by atoms with Gasteiger partial charge in [-0.2, -0.15) is 0 Å². The molecule has 0 bridgehead atoms. The Morgan fingerprint density at radius 1 is 1.30 bits per heavy atom. The fourth-order valence-electron chi connectivity index (χ4n) is 3.03. The number of amides is 3. The summed E-state index contributed by atoms with van der Waals surface area (Å²) in [6.07, 6.45) is 1.39. The molecule has 0 saturated carbocycles. The molecule has 3 amide bonds. The highest BCUT2D eigenvalue weighted by molar-refractivity contribution is 6.08. The van der Waals surface area contributed by atoms with Crippen molar-refractivity contribution in [2.24, 2.45) is 5.92 Å². The zero-order chi connectivity index (χ0) is 19.7. The average molecular weight is 372 g/mol. The minimum atomic E-state index is -0.831. The Balaban J connectivity index is 2.05. The summed E-state index contributed by atoms with van der Waals surface area (Å²) in [5.41, 5.74) is 0.205. The van der Waals surface area contributed by atoms with Gasteiger partial charge in [0.25, 0.3) is 5.91 Å². The van der Waals surface area contributed by atoms with Crippen LogP contribution in [0, 0.1) is 5.92 Å². The first kappa shape index (κ1) is 18.7. The summed E-state index contributed by atoms with van der Waals surface area (Å²) in [7, 11) is 0. The molecular weight excluding hydrogens is 348 g/mol. The minimum Gasteiger partial charge on any atom is -0.365 e. The first-order valence-electron chi connectivity index (χ1n) is 8.91. The van der Waals surface area contributed by atoms with Gasteiger partial charge in [-0.15, -0.1) is 0 Å². The summed E-state index contributed by atoms with van der Waals surface area (Å²) < 4.78 is 0. The van der Waals surface area contributed by atoms with Gasteiger partial charge in [-0.25, -0.2) is 4.98 Å². The van der Waals surface area contributed by atoms with Crippen LogP contribution in [-0.2, 0) is 14.4 Å². The Labute approximate surface area is 157 Å². The van der Waals surface area contributed by atoms with Gasteiger partial charge in [-0.05, 0) is 26.0 Å². The van der Waals surface area contributed by atoms with Gasteiger partial charge >= 0.3 is 0 Å². The van der Waals surface area contributed by atoms with Crippen LogP contribution in [0.1, 0.15) is 27.7 Å². The fourth-order valence-corrected chi connectivity index (χ4v) is 3.03. The van der Waals surface area contributed by atoms with Crippen molar-refractivity contribution in [2.75, 3.05) is 4.90 Å². The number of nitrogens with one attached hydrogen (secondary N) is 3. The van der Waals surface area contributed by atoms with E-state index in [0.717, 1.165) is 0 Å². The predicted octanol–water partition coefficient (Wildman–Crippen LogP) is 0.0813. The molecule has 0 spiro atoms. The number of pyridine rings is 1. The molecule has 0 saturated heterocycles. The minimum absolute atomic E-state index is 0.0721. The smallest absolute Gasteiger partial charge is 0.283 e. The third-order valence-corrected chi connectivity index (χ3v) is 4.80. The van der Waals surface area contributed by atoms with Crippen molar-refractivity contribution in [3.8, 4) is 0 Å². The second-order valence-corrected chi connectivity index (χ2v) is 6.98. The van der Waals surface area contributed by atoms with Crippen LogP contribution in [0.25, 0.3) is 0 Å². The third kappa shape index (κ3) is 3.32. The second-order valence-electron chi connectivity index (χ2n) is 6.98. The molecule has 1 aromatic rings. The lowest BCUT2D eigenvalue weighted by molar-refractivity contribution is -0.128. The number of aromatic nitrogens is 1. The highest BCUT2D eigenvalue weighted by Gasteiger charge is 2.44. The average Bonchev–Trinajstić information content (AvgIpc) is 2.64. The van der Waals surface area contributed by atoms with Crippen LogP contribution < -0.4 is 20.9 Å². The van der Waals surface area contributed by atoms with E-state index in [4.69, 9.17) is 0 Å². The van der Waals surface area contributed by atoms with Gasteiger partial charge in [0.2, 0.25) is 12.3 Å². The molecule has 2 aliphatic rings. The van der Waals surface area contributed by atoms with E-state index in [1.165, 1.54) is 9.80 Å². The van der Waals surface area contributed by atoms with Crippen LogP contribution >= 0.6 is 0 Å². The van der Waals surface area contributed by atoms with Crippen LogP contribution in [0.15, 0.2) is 35.9 Å². The van der Waals surface area contributed by atoms with Gasteiger partial charge in [0.1, 0.15) is 11.6 Å². The van der Waals surface area contributed by atoms with Crippen molar-refractivity contribution in [1.29, 1.82) is 0 Å². The van der Waals surface area contributed by atoms with Crippen LogP contribution in [0.2, 0.25) is 0 Å². The SMILES string of the molecule is CC(C)C(=O)N[C@H]1NC2=C(C(=O)N1c1ccccn1)N(C=O)[C@@H](C)[C@@H](C)N2. The lowest BCUT2D eigenvalue weighted by Crippen LogP contribution is -2.68. The molecule has 3 N–H and O–H groups in total. The Morgan fingerprint density at radius 3 is 2.63 bits per heavy atom. The maximum Gasteiger partial charge on any atom is 0.283 e. The second kappa shape index (κ2) is 7.26. The molecule has 3 atom stereocenters. The zero-order valence-corrected chi connectivity index (χ0v) is 15.8.